The Morgan fingerprint density at radius 3 is 2.44 bits per heavy atom. The molecule has 1 N–H and O–H groups in total. The number of hydrogen-bond acceptors (Lipinski definition) is 2. The van der Waals surface area contributed by atoms with Crippen molar-refractivity contribution in [2.24, 2.45) is 0 Å². The Hall–Kier alpha value is -2.76. The molecule has 0 saturated carbocycles. The van der Waals surface area contributed by atoms with Crippen molar-refractivity contribution in [2.45, 2.75) is 19.3 Å². The lowest BCUT2D eigenvalue weighted by Gasteiger charge is -2.09. The Balaban J connectivity index is 1.91. The van der Waals surface area contributed by atoms with Crippen LogP contribution in [0.1, 0.15) is 18.4 Å². The molecule has 4 rings (SSSR count). The molecule has 0 fully saturated rings. The molecule has 0 radical (unpaired) electrons. The molecule has 25 heavy (non-hydrogen) atoms. The summed E-state index contributed by atoms with van der Waals surface area (Å²) >= 11 is 0. The largest absolute Gasteiger partial charge is 0.370 e. The molecule has 0 spiro atoms. The van der Waals surface area contributed by atoms with E-state index in [2.05, 4.69) is 10.4 Å². The molecule has 128 valence electrons. The van der Waals surface area contributed by atoms with E-state index in [1.54, 1.807) is 16.8 Å². The van der Waals surface area contributed by atoms with E-state index < -0.39 is 11.6 Å². The van der Waals surface area contributed by atoms with Gasteiger partial charge < -0.3 is 5.32 Å². The highest BCUT2D eigenvalue weighted by atomic mass is 19.1. The van der Waals surface area contributed by atoms with Crippen molar-refractivity contribution in [1.29, 1.82) is 0 Å². The number of halogens is 3. The fourth-order valence-electron chi connectivity index (χ4n) is 3.17. The van der Waals surface area contributed by atoms with Crippen LogP contribution < -0.4 is 5.32 Å². The van der Waals surface area contributed by atoms with Gasteiger partial charge in [-0.1, -0.05) is 0 Å². The van der Waals surface area contributed by atoms with Crippen LogP contribution in [0.25, 0.3) is 16.9 Å². The lowest BCUT2D eigenvalue weighted by Crippen LogP contribution is -2.07. The highest BCUT2D eigenvalue weighted by Gasteiger charge is 2.23. The fraction of sp³-hybridized carbons (Fsp3) is 0.211. The van der Waals surface area contributed by atoms with E-state index in [-0.39, 0.29) is 11.4 Å². The number of hydrogen-bond donors (Lipinski definition) is 1. The van der Waals surface area contributed by atoms with Gasteiger partial charge in [0.1, 0.15) is 29.0 Å². The van der Waals surface area contributed by atoms with Crippen LogP contribution in [0.15, 0.2) is 42.5 Å². The number of fused-ring (bicyclic) bond motifs is 1. The summed E-state index contributed by atoms with van der Waals surface area (Å²) in [6.45, 7) is 0.783. The molecule has 3 aromatic rings. The first-order chi connectivity index (χ1) is 12.1. The van der Waals surface area contributed by atoms with E-state index in [1.807, 2.05) is 0 Å². The highest BCUT2D eigenvalue weighted by molar-refractivity contribution is 5.71. The normalized spacial score (nSPS) is 13.9. The van der Waals surface area contributed by atoms with E-state index in [0.29, 0.717) is 11.4 Å². The van der Waals surface area contributed by atoms with E-state index in [1.165, 1.54) is 24.3 Å². The molecule has 0 unspecified atom stereocenters. The van der Waals surface area contributed by atoms with Crippen LogP contribution in [0, 0.1) is 17.5 Å². The lowest BCUT2D eigenvalue weighted by molar-refractivity contribution is 0.585. The van der Waals surface area contributed by atoms with E-state index in [4.69, 9.17) is 0 Å². The van der Waals surface area contributed by atoms with Gasteiger partial charge in [0, 0.05) is 23.7 Å². The third-order valence-electron chi connectivity index (χ3n) is 4.39. The molecule has 0 atom stereocenters. The summed E-state index contributed by atoms with van der Waals surface area (Å²) in [4.78, 5) is 0. The van der Waals surface area contributed by atoms with Crippen LogP contribution in [0.5, 0.6) is 0 Å². The second-order valence-corrected chi connectivity index (χ2v) is 6.07. The van der Waals surface area contributed by atoms with Crippen molar-refractivity contribution in [1.82, 2.24) is 9.78 Å². The number of anilines is 1. The van der Waals surface area contributed by atoms with E-state index >= 15 is 0 Å². The standard InChI is InChI=1S/C19H16F3N3/c20-12-4-7-14(8-5-12)25-19-16(3-1-2-10-23-19)18(24-25)15-9-6-13(21)11-17(15)22/h4-9,11,23H,1-3,10H2. The molecule has 0 aliphatic carbocycles. The maximum atomic E-state index is 14.3. The van der Waals surface area contributed by atoms with Crippen molar-refractivity contribution < 1.29 is 13.2 Å². The molecule has 6 heteroatoms. The average Bonchev–Trinajstić information content (AvgIpc) is 2.78. The number of nitrogens with one attached hydrogen (secondary N) is 1. The van der Waals surface area contributed by atoms with Gasteiger partial charge in [0.25, 0.3) is 0 Å². The summed E-state index contributed by atoms with van der Waals surface area (Å²) in [6, 6.07) is 9.47. The van der Waals surface area contributed by atoms with Gasteiger partial charge in [-0.05, 0) is 55.7 Å². The Labute approximate surface area is 143 Å². The van der Waals surface area contributed by atoms with Crippen molar-refractivity contribution in [3.05, 3.63) is 65.5 Å². The van der Waals surface area contributed by atoms with Crippen molar-refractivity contribution in [2.75, 3.05) is 11.9 Å². The summed E-state index contributed by atoms with van der Waals surface area (Å²) in [5.74, 6) is -0.818. The predicted molar refractivity (Wildman–Crippen MR) is 90.3 cm³/mol. The van der Waals surface area contributed by atoms with Crippen LogP contribution in [0.4, 0.5) is 19.0 Å². The second kappa shape index (κ2) is 6.27. The summed E-state index contributed by atoms with van der Waals surface area (Å²) in [5, 5.41) is 7.90. The zero-order valence-corrected chi connectivity index (χ0v) is 13.4. The zero-order valence-electron chi connectivity index (χ0n) is 13.4. The van der Waals surface area contributed by atoms with Crippen molar-refractivity contribution in [3.63, 3.8) is 0 Å². The number of nitrogens with zero attached hydrogens (tertiary/aromatic N) is 2. The second-order valence-electron chi connectivity index (χ2n) is 6.07. The third-order valence-corrected chi connectivity index (χ3v) is 4.39. The van der Waals surface area contributed by atoms with Crippen LogP contribution in [-0.4, -0.2) is 16.3 Å². The quantitative estimate of drug-likeness (QED) is 0.731. The first-order valence-electron chi connectivity index (χ1n) is 8.20. The monoisotopic (exact) mass is 343 g/mol. The van der Waals surface area contributed by atoms with Crippen LogP contribution in [-0.2, 0) is 6.42 Å². The molecule has 1 aliphatic heterocycles. The summed E-state index contributed by atoms with van der Waals surface area (Å²) < 4.78 is 42.5. The predicted octanol–water partition coefficient (Wildman–Crippen LogP) is 4.70. The van der Waals surface area contributed by atoms with Crippen LogP contribution in [0.2, 0.25) is 0 Å². The zero-order chi connectivity index (χ0) is 17.4. The molecule has 2 aromatic carbocycles. The fourth-order valence-corrected chi connectivity index (χ4v) is 3.17. The Kier molecular flexibility index (Phi) is 3.95. The summed E-state index contributed by atoms with van der Waals surface area (Å²) in [5.41, 5.74) is 2.33. The smallest absolute Gasteiger partial charge is 0.135 e. The van der Waals surface area contributed by atoms with E-state index in [9.17, 15) is 13.2 Å². The molecule has 1 aliphatic rings. The van der Waals surface area contributed by atoms with E-state index in [0.717, 1.165) is 43.3 Å². The Morgan fingerprint density at radius 2 is 1.68 bits per heavy atom. The Bertz CT molecular complexity index is 916. The molecule has 2 heterocycles. The maximum Gasteiger partial charge on any atom is 0.135 e. The van der Waals surface area contributed by atoms with Gasteiger partial charge in [0.2, 0.25) is 0 Å². The molecule has 0 amide bonds. The SMILES string of the molecule is Fc1ccc(-n2nc(-c3ccc(F)cc3F)c3c2NCCCC3)cc1. The summed E-state index contributed by atoms with van der Waals surface area (Å²) in [6.07, 6.45) is 2.68. The minimum atomic E-state index is -0.643. The number of aromatic nitrogens is 2. The highest BCUT2D eigenvalue weighted by Crippen LogP contribution is 2.35. The summed E-state index contributed by atoms with van der Waals surface area (Å²) in [7, 11) is 0. The van der Waals surface area contributed by atoms with Gasteiger partial charge in [0.15, 0.2) is 0 Å². The van der Waals surface area contributed by atoms with Gasteiger partial charge in [-0.15, -0.1) is 0 Å². The molecular weight excluding hydrogens is 327 g/mol. The van der Waals surface area contributed by atoms with Crippen molar-refractivity contribution >= 4 is 5.82 Å². The maximum absolute atomic E-state index is 14.3. The molecule has 0 bridgehead atoms. The minimum absolute atomic E-state index is 0.266. The molecule has 3 nitrogen and oxygen atoms in total. The molecule has 0 saturated heterocycles. The van der Waals surface area contributed by atoms with Crippen molar-refractivity contribution in [3.8, 4) is 16.9 Å². The van der Waals surface area contributed by atoms with Gasteiger partial charge in [-0.2, -0.15) is 5.10 Å². The van der Waals surface area contributed by atoms with Gasteiger partial charge in [0.05, 0.1) is 5.69 Å². The third kappa shape index (κ3) is 2.88. The van der Waals surface area contributed by atoms with Gasteiger partial charge in [-0.3, -0.25) is 0 Å². The topological polar surface area (TPSA) is 29.9 Å². The number of benzene rings is 2. The van der Waals surface area contributed by atoms with Crippen LogP contribution >= 0.6 is 0 Å². The minimum Gasteiger partial charge on any atom is -0.370 e. The average molecular weight is 343 g/mol. The lowest BCUT2D eigenvalue weighted by atomic mass is 10.0. The number of rotatable bonds is 2. The van der Waals surface area contributed by atoms with Gasteiger partial charge >= 0.3 is 0 Å². The molecular formula is C19H16F3N3. The van der Waals surface area contributed by atoms with Gasteiger partial charge in [-0.25, -0.2) is 17.9 Å². The first-order valence-corrected chi connectivity index (χ1v) is 8.20. The van der Waals surface area contributed by atoms with Crippen LogP contribution in [0.3, 0.4) is 0 Å². The Morgan fingerprint density at radius 1 is 0.920 bits per heavy atom. The first kappa shape index (κ1) is 15.7. The molecule has 1 aromatic heterocycles.